The molecule has 3 aromatic rings. The molecule has 2 aromatic heterocycles. The minimum atomic E-state index is -6.27. The van der Waals surface area contributed by atoms with Gasteiger partial charge < -0.3 is 19.6 Å². The molecule has 0 radical (unpaired) electrons. The molecule has 212 valence electrons. The van der Waals surface area contributed by atoms with Crippen molar-refractivity contribution in [3.05, 3.63) is 65.3 Å². The molecule has 1 aliphatic heterocycles. The number of hydrogen-bond acceptors (Lipinski definition) is 7. The van der Waals surface area contributed by atoms with Gasteiger partial charge in [-0.15, -0.1) is 0 Å². The summed E-state index contributed by atoms with van der Waals surface area (Å²) in [6, 6.07) is 3.89. The summed E-state index contributed by atoms with van der Waals surface area (Å²) in [5.74, 6) is -0.0713. The first-order valence-corrected chi connectivity index (χ1v) is 11.6. The maximum absolute atomic E-state index is 14.6. The van der Waals surface area contributed by atoms with Crippen molar-refractivity contribution >= 4 is 0 Å². The molecule has 0 aliphatic carbocycles. The highest BCUT2D eigenvalue weighted by atomic mass is 19.4. The normalized spacial score (nSPS) is 18.5. The van der Waals surface area contributed by atoms with Crippen LogP contribution in [0.15, 0.2) is 47.2 Å². The first kappa shape index (κ1) is 28.9. The first-order valence-electron chi connectivity index (χ1n) is 11.6. The Kier molecular flexibility index (Phi) is 6.64. The molecule has 1 aliphatic rings. The average Bonchev–Trinajstić information content (AvgIpc) is 3.32. The van der Waals surface area contributed by atoms with Crippen molar-refractivity contribution in [2.75, 3.05) is 20.1 Å². The molecule has 7 nitrogen and oxygen atoms in total. The van der Waals surface area contributed by atoms with Crippen LogP contribution in [0, 0.1) is 5.41 Å². The summed E-state index contributed by atoms with van der Waals surface area (Å²) in [5.41, 5.74) is -11.3. The smallest absolute Gasteiger partial charge is 0.381 e. The van der Waals surface area contributed by atoms with E-state index in [1.807, 2.05) is 4.90 Å². The largest absolute Gasteiger partial charge is 0.435 e. The maximum Gasteiger partial charge on any atom is 0.435 e. The van der Waals surface area contributed by atoms with Gasteiger partial charge in [-0.1, -0.05) is 36.3 Å². The van der Waals surface area contributed by atoms with Crippen LogP contribution in [0.5, 0.6) is 0 Å². The van der Waals surface area contributed by atoms with Gasteiger partial charge in [0.1, 0.15) is 11.2 Å². The van der Waals surface area contributed by atoms with Crippen LogP contribution in [0.2, 0.25) is 0 Å². The van der Waals surface area contributed by atoms with Crippen LogP contribution in [0.25, 0.3) is 11.4 Å². The molecule has 0 saturated carbocycles. The lowest BCUT2D eigenvalue weighted by molar-refractivity contribution is -0.348. The van der Waals surface area contributed by atoms with E-state index >= 15 is 0 Å². The fourth-order valence-corrected chi connectivity index (χ4v) is 5.02. The summed E-state index contributed by atoms with van der Waals surface area (Å²) in [7, 11) is 1.77. The minimum Gasteiger partial charge on any atom is -0.381 e. The molecule has 0 amide bonds. The van der Waals surface area contributed by atoms with Gasteiger partial charge in [-0.3, -0.25) is 4.98 Å². The summed E-state index contributed by atoms with van der Waals surface area (Å²) in [5, 5.41) is 26.1. The third-order valence-electron chi connectivity index (χ3n) is 6.96. The Morgan fingerprint density at radius 3 is 1.87 bits per heavy atom. The zero-order chi connectivity index (χ0) is 29.2. The van der Waals surface area contributed by atoms with E-state index in [1.165, 1.54) is 32.3 Å². The monoisotopic (exact) mass is 562 g/mol. The Balaban J connectivity index is 1.83. The van der Waals surface area contributed by atoms with Crippen LogP contribution >= 0.6 is 0 Å². The molecular weight excluding hydrogens is 537 g/mol. The molecule has 1 unspecified atom stereocenters. The molecule has 3 heterocycles. The van der Waals surface area contributed by atoms with Gasteiger partial charge in [0, 0.05) is 47.6 Å². The van der Waals surface area contributed by atoms with Crippen molar-refractivity contribution in [2.45, 2.75) is 50.0 Å². The van der Waals surface area contributed by atoms with Crippen molar-refractivity contribution in [3.8, 4) is 11.4 Å². The topological polar surface area (TPSA) is 95.5 Å². The molecule has 1 aromatic carbocycles. The van der Waals surface area contributed by atoms with Crippen molar-refractivity contribution in [2.24, 2.45) is 5.41 Å². The molecule has 0 spiro atoms. The van der Waals surface area contributed by atoms with Crippen molar-refractivity contribution in [1.82, 2.24) is 20.0 Å². The second-order valence-electron chi connectivity index (χ2n) is 10.6. The van der Waals surface area contributed by atoms with E-state index in [9.17, 15) is 40.9 Å². The van der Waals surface area contributed by atoms with Gasteiger partial charge in [0.2, 0.25) is 5.82 Å². The molecule has 0 bridgehead atoms. The number of pyridine rings is 1. The third kappa shape index (κ3) is 4.57. The third-order valence-corrected chi connectivity index (χ3v) is 6.96. The molecule has 2 N–H and O–H groups in total. The van der Waals surface area contributed by atoms with Gasteiger partial charge in [0.25, 0.3) is 5.89 Å². The number of nitrogens with zero attached hydrogens (tertiary/aromatic N) is 4. The quantitative estimate of drug-likeness (QED) is 0.416. The Morgan fingerprint density at radius 2 is 1.41 bits per heavy atom. The second-order valence-corrected chi connectivity index (χ2v) is 10.6. The van der Waals surface area contributed by atoms with Crippen molar-refractivity contribution in [1.29, 1.82) is 0 Å². The highest BCUT2D eigenvalue weighted by Crippen LogP contribution is 2.54. The fraction of sp³-hybridized carbons (Fsp3) is 0.480. The molecule has 14 heteroatoms. The number of aliphatic hydroxyl groups is 2. The van der Waals surface area contributed by atoms with E-state index in [4.69, 9.17) is 4.52 Å². The van der Waals surface area contributed by atoms with E-state index < -0.39 is 40.2 Å². The Hall–Kier alpha value is -3.10. The van der Waals surface area contributed by atoms with Gasteiger partial charge in [-0.2, -0.15) is 31.3 Å². The highest BCUT2D eigenvalue weighted by Gasteiger charge is 2.73. The number of rotatable bonds is 6. The van der Waals surface area contributed by atoms with Gasteiger partial charge in [-0.25, -0.2) is 4.39 Å². The second kappa shape index (κ2) is 8.96. The number of benzene rings is 1. The molecule has 4 rings (SSSR count). The highest BCUT2D eigenvalue weighted by molar-refractivity contribution is 5.56. The number of likely N-dealkylation sites (tertiary alicyclic amines) is 1. The summed E-state index contributed by atoms with van der Waals surface area (Å²) in [4.78, 5) is 10.1. The zero-order valence-electron chi connectivity index (χ0n) is 21.2. The van der Waals surface area contributed by atoms with Crippen LogP contribution < -0.4 is 0 Å². The lowest BCUT2D eigenvalue weighted by Gasteiger charge is -2.55. The number of halogens is 7. The van der Waals surface area contributed by atoms with Crippen LogP contribution in [-0.2, 0) is 16.9 Å². The van der Waals surface area contributed by atoms with Gasteiger partial charge in [0.15, 0.2) is 0 Å². The SMILES string of the molecule is CN1CC(C)(C(O)(c2ccc(C(F)(C(F)(F)F)C(F)(F)F)cc2)c2cncc(-c3noc(C(C)(C)O)n3)c2)C1. The first-order chi connectivity index (χ1) is 17.7. The summed E-state index contributed by atoms with van der Waals surface area (Å²) in [6.45, 7) is 5.16. The Bertz CT molecular complexity index is 1330. The standard InChI is InChI=1S/C25H25F7N4O3/c1-20(2,37)19-34-18(35-39-19)14-9-17(11-33-10-14)22(38,21(3)12-36(4)13-21)15-5-7-16(8-6-15)23(26,24(27,28)29)25(30,31)32/h5-11,37-38H,12-13H2,1-4H3. The summed E-state index contributed by atoms with van der Waals surface area (Å²) >= 11 is 0. The lowest BCUT2D eigenvalue weighted by Crippen LogP contribution is -2.63. The van der Waals surface area contributed by atoms with E-state index in [2.05, 4.69) is 15.1 Å². The van der Waals surface area contributed by atoms with E-state index in [0.29, 0.717) is 25.2 Å². The molecule has 1 saturated heterocycles. The Morgan fingerprint density at radius 1 is 0.872 bits per heavy atom. The molecule has 1 fully saturated rings. The lowest BCUT2D eigenvalue weighted by atomic mass is 9.62. The van der Waals surface area contributed by atoms with E-state index in [0.717, 1.165) is 12.1 Å². The van der Waals surface area contributed by atoms with Crippen LogP contribution in [0.4, 0.5) is 30.7 Å². The summed E-state index contributed by atoms with van der Waals surface area (Å²) < 4.78 is 99.3. The maximum atomic E-state index is 14.6. The number of hydrogen-bond donors (Lipinski definition) is 2. The van der Waals surface area contributed by atoms with Gasteiger partial charge in [0.05, 0.1) is 0 Å². The van der Waals surface area contributed by atoms with E-state index in [1.54, 1.807) is 14.0 Å². The van der Waals surface area contributed by atoms with Gasteiger partial charge in [-0.05, 0) is 32.5 Å². The van der Waals surface area contributed by atoms with Crippen LogP contribution in [-0.4, -0.2) is 62.7 Å². The van der Waals surface area contributed by atoms with Gasteiger partial charge >= 0.3 is 18.0 Å². The van der Waals surface area contributed by atoms with Crippen LogP contribution in [0.3, 0.4) is 0 Å². The fourth-order valence-electron chi connectivity index (χ4n) is 5.02. The average molecular weight is 562 g/mol. The number of alkyl halides is 7. The zero-order valence-corrected chi connectivity index (χ0v) is 21.2. The predicted octanol–water partition coefficient (Wildman–Crippen LogP) is 4.84. The summed E-state index contributed by atoms with van der Waals surface area (Å²) in [6.07, 6.45) is -9.89. The van der Waals surface area contributed by atoms with E-state index in [-0.39, 0.29) is 28.4 Å². The van der Waals surface area contributed by atoms with Crippen LogP contribution in [0.1, 0.15) is 43.4 Å². The minimum absolute atomic E-state index is 0.0209. The Labute approximate surface area is 218 Å². The predicted molar refractivity (Wildman–Crippen MR) is 123 cm³/mol. The molecule has 39 heavy (non-hydrogen) atoms. The van der Waals surface area contributed by atoms with Crippen molar-refractivity contribution < 1.29 is 45.5 Å². The molecular formula is C25H25F7N4O3. The number of aromatic nitrogens is 3. The molecule has 1 atom stereocenters. The van der Waals surface area contributed by atoms with Crippen molar-refractivity contribution in [3.63, 3.8) is 0 Å².